The Morgan fingerprint density at radius 3 is 2.87 bits per heavy atom. The maximum Gasteiger partial charge on any atom is 0.127 e. The van der Waals surface area contributed by atoms with Crippen LogP contribution in [0, 0.1) is 5.82 Å². The van der Waals surface area contributed by atoms with Crippen molar-refractivity contribution in [3.05, 3.63) is 35.1 Å². The highest BCUT2D eigenvalue weighted by molar-refractivity contribution is 7.98. The normalized spacial score (nSPS) is 10.6. The summed E-state index contributed by atoms with van der Waals surface area (Å²) in [5, 5.41) is 0. The molecule has 0 spiro atoms. The molecule has 84 valence electrons. The van der Waals surface area contributed by atoms with Gasteiger partial charge in [0.15, 0.2) is 0 Å². The zero-order chi connectivity index (χ0) is 11.1. The summed E-state index contributed by atoms with van der Waals surface area (Å²) in [6.45, 7) is 2.64. The van der Waals surface area contributed by atoms with Gasteiger partial charge >= 0.3 is 0 Å². The maximum absolute atomic E-state index is 13.4. The van der Waals surface area contributed by atoms with Gasteiger partial charge in [0.1, 0.15) is 5.82 Å². The van der Waals surface area contributed by atoms with Crippen LogP contribution < -0.4 is 5.73 Å². The number of hydrogen-bond acceptors (Lipinski definition) is 2. The fourth-order valence-electron chi connectivity index (χ4n) is 1.29. The minimum atomic E-state index is -0.115. The van der Waals surface area contributed by atoms with Crippen molar-refractivity contribution in [3.63, 3.8) is 0 Å². The van der Waals surface area contributed by atoms with Crippen molar-refractivity contribution < 1.29 is 4.39 Å². The van der Waals surface area contributed by atoms with Gasteiger partial charge in [-0.2, -0.15) is 11.8 Å². The maximum atomic E-state index is 13.4. The van der Waals surface area contributed by atoms with E-state index in [-0.39, 0.29) is 5.82 Å². The van der Waals surface area contributed by atoms with Crippen LogP contribution in [0.5, 0.6) is 0 Å². The van der Waals surface area contributed by atoms with E-state index < -0.39 is 0 Å². The Labute approximate surface area is 95.2 Å². The SMILES string of the molecule is CCCCSCc1cc(CN)ccc1F. The summed E-state index contributed by atoms with van der Waals surface area (Å²) >= 11 is 1.78. The Morgan fingerprint density at radius 2 is 2.20 bits per heavy atom. The van der Waals surface area contributed by atoms with E-state index in [0.717, 1.165) is 22.6 Å². The van der Waals surface area contributed by atoms with Crippen molar-refractivity contribution in [2.45, 2.75) is 32.1 Å². The first-order valence-corrected chi connectivity index (χ1v) is 6.48. The number of nitrogens with two attached hydrogens (primary N) is 1. The lowest BCUT2D eigenvalue weighted by Gasteiger charge is -2.05. The molecule has 0 aromatic heterocycles. The van der Waals surface area contributed by atoms with Crippen molar-refractivity contribution in [1.82, 2.24) is 0 Å². The van der Waals surface area contributed by atoms with Crippen LogP contribution in [0.15, 0.2) is 18.2 Å². The molecule has 15 heavy (non-hydrogen) atoms. The van der Waals surface area contributed by atoms with Gasteiger partial charge in [-0.3, -0.25) is 0 Å². The topological polar surface area (TPSA) is 26.0 Å². The number of hydrogen-bond donors (Lipinski definition) is 1. The van der Waals surface area contributed by atoms with Crippen molar-refractivity contribution >= 4 is 11.8 Å². The van der Waals surface area contributed by atoms with Crippen LogP contribution in [0.3, 0.4) is 0 Å². The van der Waals surface area contributed by atoms with E-state index in [1.807, 2.05) is 6.07 Å². The molecule has 0 heterocycles. The first-order valence-electron chi connectivity index (χ1n) is 5.33. The summed E-state index contributed by atoms with van der Waals surface area (Å²) in [7, 11) is 0. The van der Waals surface area contributed by atoms with E-state index >= 15 is 0 Å². The molecular weight excluding hydrogens is 209 g/mol. The average molecular weight is 227 g/mol. The van der Waals surface area contributed by atoms with Gasteiger partial charge < -0.3 is 5.73 Å². The molecule has 1 aromatic rings. The summed E-state index contributed by atoms with van der Waals surface area (Å²) in [6.07, 6.45) is 2.39. The second-order valence-electron chi connectivity index (χ2n) is 3.54. The minimum absolute atomic E-state index is 0.115. The lowest BCUT2D eigenvalue weighted by atomic mass is 10.1. The van der Waals surface area contributed by atoms with E-state index in [9.17, 15) is 4.39 Å². The van der Waals surface area contributed by atoms with Gasteiger partial charge in [-0.25, -0.2) is 4.39 Å². The van der Waals surface area contributed by atoms with Crippen LogP contribution in [0.1, 0.15) is 30.9 Å². The molecule has 1 aromatic carbocycles. The molecule has 0 unspecified atom stereocenters. The molecule has 0 aliphatic carbocycles. The monoisotopic (exact) mass is 227 g/mol. The van der Waals surface area contributed by atoms with Crippen LogP contribution in [-0.2, 0) is 12.3 Å². The van der Waals surface area contributed by atoms with E-state index in [4.69, 9.17) is 5.73 Å². The average Bonchev–Trinajstić information content (AvgIpc) is 2.26. The zero-order valence-electron chi connectivity index (χ0n) is 9.13. The molecule has 2 N–H and O–H groups in total. The van der Waals surface area contributed by atoms with Gasteiger partial charge in [-0.15, -0.1) is 0 Å². The van der Waals surface area contributed by atoms with Crippen molar-refractivity contribution in [3.8, 4) is 0 Å². The van der Waals surface area contributed by atoms with E-state index in [2.05, 4.69) is 6.92 Å². The highest BCUT2D eigenvalue weighted by Crippen LogP contribution is 2.18. The van der Waals surface area contributed by atoms with Gasteiger partial charge in [-0.1, -0.05) is 25.5 Å². The molecule has 1 rings (SSSR count). The quantitative estimate of drug-likeness (QED) is 0.754. The third-order valence-electron chi connectivity index (χ3n) is 2.25. The molecule has 0 atom stereocenters. The Bertz CT molecular complexity index is 302. The predicted octanol–water partition coefficient (Wildman–Crippen LogP) is 3.32. The Hall–Kier alpha value is -0.540. The van der Waals surface area contributed by atoms with Gasteiger partial charge in [0.2, 0.25) is 0 Å². The van der Waals surface area contributed by atoms with E-state index in [1.165, 1.54) is 18.9 Å². The number of benzene rings is 1. The highest BCUT2D eigenvalue weighted by atomic mass is 32.2. The molecule has 0 aliphatic heterocycles. The Morgan fingerprint density at radius 1 is 1.40 bits per heavy atom. The lowest BCUT2D eigenvalue weighted by molar-refractivity contribution is 0.616. The van der Waals surface area contributed by atoms with Gasteiger partial charge in [0, 0.05) is 12.3 Å². The molecule has 0 aliphatic rings. The molecule has 1 nitrogen and oxygen atoms in total. The van der Waals surface area contributed by atoms with E-state index in [0.29, 0.717) is 6.54 Å². The number of rotatable bonds is 6. The van der Waals surface area contributed by atoms with Gasteiger partial charge in [-0.05, 0) is 29.4 Å². The highest BCUT2D eigenvalue weighted by Gasteiger charge is 2.02. The third-order valence-corrected chi connectivity index (χ3v) is 3.34. The number of halogens is 1. The zero-order valence-corrected chi connectivity index (χ0v) is 9.95. The van der Waals surface area contributed by atoms with Crippen molar-refractivity contribution in [1.29, 1.82) is 0 Å². The fourth-order valence-corrected chi connectivity index (χ4v) is 2.37. The van der Waals surface area contributed by atoms with Crippen LogP contribution in [0.25, 0.3) is 0 Å². The molecule has 0 saturated heterocycles. The van der Waals surface area contributed by atoms with Crippen LogP contribution in [-0.4, -0.2) is 5.75 Å². The van der Waals surface area contributed by atoms with E-state index in [1.54, 1.807) is 17.8 Å². The molecular formula is C12H18FNS. The van der Waals surface area contributed by atoms with Crippen molar-refractivity contribution in [2.24, 2.45) is 5.73 Å². The number of unbranched alkanes of at least 4 members (excludes halogenated alkanes) is 1. The summed E-state index contributed by atoms with van der Waals surface area (Å²) in [5.41, 5.74) is 7.30. The predicted molar refractivity (Wildman–Crippen MR) is 65.4 cm³/mol. The Kier molecular flexibility index (Phi) is 5.73. The standard InChI is InChI=1S/C12H18FNS/c1-2-3-6-15-9-11-7-10(8-14)4-5-12(11)13/h4-5,7H,2-3,6,8-9,14H2,1H3. The molecule has 0 amide bonds. The molecule has 0 bridgehead atoms. The third kappa shape index (κ3) is 4.22. The first kappa shape index (κ1) is 12.5. The van der Waals surface area contributed by atoms with Crippen LogP contribution in [0.2, 0.25) is 0 Å². The fraction of sp³-hybridized carbons (Fsp3) is 0.500. The van der Waals surface area contributed by atoms with Gasteiger partial charge in [0.25, 0.3) is 0 Å². The number of thioether (sulfide) groups is 1. The summed E-state index contributed by atoms with van der Waals surface area (Å²) in [4.78, 5) is 0. The second kappa shape index (κ2) is 6.85. The lowest BCUT2D eigenvalue weighted by Crippen LogP contribution is -1.98. The minimum Gasteiger partial charge on any atom is -0.326 e. The molecule has 0 fully saturated rings. The van der Waals surface area contributed by atoms with Crippen LogP contribution >= 0.6 is 11.8 Å². The molecule has 0 radical (unpaired) electrons. The Balaban J connectivity index is 2.51. The van der Waals surface area contributed by atoms with Crippen LogP contribution in [0.4, 0.5) is 4.39 Å². The molecule has 0 saturated carbocycles. The summed E-state index contributed by atoms with van der Waals surface area (Å²) in [6, 6.07) is 5.13. The van der Waals surface area contributed by atoms with Gasteiger partial charge in [0.05, 0.1) is 0 Å². The first-order chi connectivity index (χ1) is 7.27. The second-order valence-corrected chi connectivity index (χ2v) is 4.64. The molecule has 3 heteroatoms. The largest absolute Gasteiger partial charge is 0.326 e. The summed E-state index contributed by atoms with van der Waals surface area (Å²) in [5.74, 6) is 1.74. The smallest absolute Gasteiger partial charge is 0.127 e. The van der Waals surface area contributed by atoms with Crippen molar-refractivity contribution in [2.75, 3.05) is 5.75 Å². The summed E-state index contributed by atoms with van der Waals surface area (Å²) < 4.78 is 13.4.